The quantitative estimate of drug-likeness (QED) is 0.290. The molecule has 0 aromatic carbocycles. The first-order valence-corrected chi connectivity index (χ1v) is 8.77. The van der Waals surface area contributed by atoms with E-state index in [9.17, 15) is 0 Å². The van der Waals surface area contributed by atoms with E-state index in [-0.39, 0.29) is 0 Å². The second-order valence-electron chi connectivity index (χ2n) is 5.63. The summed E-state index contributed by atoms with van der Waals surface area (Å²) in [6.45, 7) is 6.90. The molecule has 0 aromatic rings. The highest BCUT2D eigenvalue weighted by Crippen LogP contribution is 2.07. The molecular weight excluding hydrogens is 230 g/mol. The summed E-state index contributed by atoms with van der Waals surface area (Å²) in [7, 11) is 0. The van der Waals surface area contributed by atoms with Crippen LogP contribution in [0.4, 0.5) is 0 Å². The average molecular weight is 268 g/mol. The Morgan fingerprint density at radius 1 is 0.579 bits per heavy atom. The van der Waals surface area contributed by atoms with Crippen molar-refractivity contribution in [3.05, 3.63) is 12.2 Å². The van der Waals surface area contributed by atoms with Crippen molar-refractivity contribution in [3.63, 3.8) is 0 Å². The molecule has 0 atom stereocenters. The van der Waals surface area contributed by atoms with Crippen LogP contribution in [0, 0.1) is 0 Å². The van der Waals surface area contributed by atoms with Gasteiger partial charge in [-0.1, -0.05) is 64.5 Å². The molecule has 1 heteroatoms. The number of unbranched alkanes of at least 4 members (excludes halogenated alkanes) is 9. The van der Waals surface area contributed by atoms with Crippen LogP contribution in [-0.4, -0.2) is 13.1 Å². The van der Waals surface area contributed by atoms with Crippen molar-refractivity contribution >= 4 is 0 Å². The van der Waals surface area contributed by atoms with Gasteiger partial charge in [0.15, 0.2) is 0 Å². The van der Waals surface area contributed by atoms with E-state index in [4.69, 9.17) is 0 Å². The van der Waals surface area contributed by atoms with Crippen molar-refractivity contribution in [1.82, 2.24) is 5.32 Å². The van der Waals surface area contributed by atoms with Gasteiger partial charge in [0.05, 0.1) is 0 Å². The molecule has 0 unspecified atom stereocenters. The molecule has 0 radical (unpaired) electrons. The Balaban J connectivity index is 2.99. The van der Waals surface area contributed by atoms with Gasteiger partial charge in [-0.15, -0.1) is 0 Å². The summed E-state index contributed by atoms with van der Waals surface area (Å²) in [6.07, 6.45) is 21.1. The summed E-state index contributed by atoms with van der Waals surface area (Å²) in [5.41, 5.74) is 0. The lowest BCUT2D eigenvalue weighted by atomic mass is 10.1. The zero-order valence-corrected chi connectivity index (χ0v) is 13.6. The fourth-order valence-electron chi connectivity index (χ4n) is 2.27. The third kappa shape index (κ3) is 17.7. The van der Waals surface area contributed by atoms with E-state index >= 15 is 0 Å². The van der Waals surface area contributed by atoms with Gasteiger partial charge in [0.25, 0.3) is 0 Å². The minimum Gasteiger partial charge on any atom is -0.317 e. The van der Waals surface area contributed by atoms with E-state index in [2.05, 4.69) is 31.3 Å². The van der Waals surface area contributed by atoms with Crippen LogP contribution in [-0.2, 0) is 0 Å². The van der Waals surface area contributed by atoms with Gasteiger partial charge in [-0.2, -0.15) is 0 Å². The maximum atomic E-state index is 3.46. The number of allylic oxidation sites excluding steroid dienone is 2. The monoisotopic (exact) mass is 267 g/mol. The third-order valence-corrected chi connectivity index (χ3v) is 3.54. The van der Waals surface area contributed by atoms with Gasteiger partial charge in [-0.25, -0.2) is 0 Å². The summed E-state index contributed by atoms with van der Waals surface area (Å²) < 4.78 is 0. The second-order valence-corrected chi connectivity index (χ2v) is 5.63. The molecule has 0 rings (SSSR count). The zero-order chi connectivity index (χ0) is 14.0. The van der Waals surface area contributed by atoms with E-state index in [0.717, 1.165) is 0 Å². The van der Waals surface area contributed by atoms with Gasteiger partial charge in [0, 0.05) is 0 Å². The van der Waals surface area contributed by atoms with Crippen LogP contribution >= 0.6 is 0 Å². The SMILES string of the molecule is CCCCCCC=CCCCCCCCNCCC. The van der Waals surface area contributed by atoms with E-state index in [0.29, 0.717) is 0 Å². The van der Waals surface area contributed by atoms with Crippen LogP contribution in [0.1, 0.15) is 90.9 Å². The summed E-state index contributed by atoms with van der Waals surface area (Å²) in [4.78, 5) is 0. The third-order valence-electron chi connectivity index (χ3n) is 3.54. The van der Waals surface area contributed by atoms with Crippen LogP contribution < -0.4 is 5.32 Å². The Kier molecular flexibility index (Phi) is 17.4. The normalized spacial score (nSPS) is 11.5. The standard InChI is InChI=1S/C18H37N/c1-3-5-6-7-8-9-10-11-12-13-14-15-16-18-19-17-4-2/h9-10,19H,3-8,11-18H2,1-2H3. The Hall–Kier alpha value is -0.300. The van der Waals surface area contributed by atoms with Crippen LogP contribution in [0.5, 0.6) is 0 Å². The zero-order valence-electron chi connectivity index (χ0n) is 13.6. The summed E-state index contributed by atoms with van der Waals surface area (Å²) in [6, 6.07) is 0. The number of rotatable bonds is 15. The molecule has 0 aliphatic carbocycles. The molecule has 0 aliphatic heterocycles. The van der Waals surface area contributed by atoms with Gasteiger partial charge in [-0.3, -0.25) is 0 Å². The molecule has 0 aliphatic rings. The van der Waals surface area contributed by atoms with Crippen molar-refractivity contribution in [1.29, 1.82) is 0 Å². The molecule has 1 N–H and O–H groups in total. The smallest absolute Gasteiger partial charge is 0.00489 e. The Morgan fingerprint density at radius 3 is 1.79 bits per heavy atom. The van der Waals surface area contributed by atoms with E-state index in [1.54, 1.807) is 0 Å². The van der Waals surface area contributed by atoms with E-state index < -0.39 is 0 Å². The molecule has 0 fully saturated rings. The number of nitrogens with one attached hydrogen (secondary N) is 1. The van der Waals surface area contributed by atoms with Crippen LogP contribution in [0.2, 0.25) is 0 Å². The molecule has 0 aromatic heterocycles. The summed E-state index contributed by atoms with van der Waals surface area (Å²) >= 11 is 0. The molecule has 0 heterocycles. The van der Waals surface area contributed by atoms with E-state index in [1.165, 1.54) is 90.1 Å². The molecule has 1 nitrogen and oxygen atoms in total. The summed E-state index contributed by atoms with van der Waals surface area (Å²) in [5.74, 6) is 0. The Morgan fingerprint density at radius 2 is 1.16 bits per heavy atom. The largest absolute Gasteiger partial charge is 0.317 e. The minimum atomic E-state index is 1.18. The predicted octanol–water partition coefficient (Wildman–Crippen LogP) is 5.85. The highest BCUT2D eigenvalue weighted by Gasteiger charge is 1.90. The molecule has 19 heavy (non-hydrogen) atoms. The second kappa shape index (κ2) is 17.7. The lowest BCUT2D eigenvalue weighted by Gasteiger charge is -2.02. The van der Waals surface area contributed by atoms with E-state index in [1.807, 2.05) is 0 Å². The summed E-state index contributed by atoms with van der Waals surface area (Å²) in [5, 5.41) is 3.46. The van der Waals surface area contributed by atoms with Gasteiger partial charge < -0.3 is 5.32 Å². The lowest BCUT2D eigenvalue weighted by Crippen LogP contribution is -2.15. The molecule has 0 amide bonds. The fraction of sp³-hybridized carbons (Fsp3) is 0.889. The van der Waals surface area contributed by atoms with Crippen LogP contribution in [0.3, 0.4) is 0 Å². The lowest BCUT2D eigenvalue weighted by molar-refractivity contribution is 0.575. The first-order valence-electron chi connectivity index (χ1n) is 8.77. The molecule has 0 saturated carbocycles. The molecule has 0 spiro atoms. The van der Waals surface area contributed by atoms with Crippen LogP contribution in [0.25, 0.3) is 0 Å². The van der Waals surface area contributed by atoms with Gasteiger partial charge in [-0.05, 0) is 51.6 Å². The highest BCUT2D eigenvalue weighted by molar-refractivity contribution is 4.81. The Bertz CT molecular complexity index is 175. The molecule has 114 valence electrons. The highest BCUT2D eigenvalue weighted by atomic mass is 14.8. The first-order chi connectivity index (χ1) is 9.41. The fourth-order valence-corrected chi connectivity index (χ4v) is 2.27. The minimum absolute atomic E-state index is 1.18. The van der Waals surface area contributed by atoms with Crippen molar-refractivity contribution in [3.8, 4) is 0 Å². The van der Waals surface area contributed by atoms with Gasteiger partial charge in [0.2, 0.25) is 0 Å². The van der Waals surface area contributed by atoms with Crippen molar-refractivity contribution in [2.24, 2.45) is 0 Å². The van der Waals surface area contributed by atoms with Gasteiger partial charge >= 0.3 is 0 Å². The topological polar surface area (TPSA) is 12.0 Å². The van der Waals surface area contributed by atoms with Crippen LogP contribution in [0.15, 0.2) is 12.2 Å². The molecular formula is C18H37N. The van der Waals surface area contributed by atoms with Crippen molar-refractivity contribution in [2.75, 3.05) is 13.1 Å². The number of hydrogen-bond donors (Lipinski definition) is 1. The number of hydrogen-bond acceptors (Lipinski definition) is 1. The Labute approximate surface area is 122 Å². The maximum Gasteiger partial charge on any atom is -0.00489 e. The maximum absolute atomic E-state index is 3.46. The first kappa shape index (κ1) is 18.7. The average Bonchev–Trinajstić information content (AvgIpc) is 2.43. The molecule has 0 bridgehead atoms. The van der Waals surface area contributed by atoms with Gasteiger partial charge in [0.1, 0.15) is 0 Å². The van der Waals surface area contributed by atoms with Crippen molar-refractivity contribution < 1.29 is 0 Å². The molecule has 0 saturated heterocycles. The predicted molar refractivity (Wildman–Crippen MR) is 88.8 cm³/mol. The van der Waals surface area contributed by atoms with Crippen molar-refractivity contribution in [2.45, 2.75) is 90.9 Å².